The van der Waals surface area contributed by atoms with Gasteiger partial charge in [-0.3, -0.25) is 33.4 Å². The van der Waals surface area contributed by atoms with Crippen LogP contribution in [0.3, 0.4) is 0 Å². The molecule has 1 aromatic heterocycles. The Labute approximate surface area is 279 Å². The monoisotopic (exact) mass is 712 g/mol. The molecule has 1 amide bonds. The fraction of sp³-hybridized carbons (Fsp3) is 0.552. The lowest BCUT2D eigenvalue weighted by Crippen LogP contribution is -2.45. The maximum absolute atomic E-state index is 13.8. The number of nitrogens with one attached hydrogen (secondary N) is 1. The fourth-order valence-corrected chi connectivity index (χ4v) is 7.56. The minimum Gasteiger partial charge on any atom is -0.464 e. The molecule has 48 heavy (non-hydrogen) atoms. The molecule has 264 valence electrons. The van der Waals surface area contributed by atoms with Gasteiger partial charge in [0, 0.05) is 57.5 Å². The van der Waals surface area contributed by atoms with Crippen molar-refractivity contribution in [2.24, 2.45) is 5.92 Å². The fourth-order valence-electron chi connectivity index (χ4n) is 5.22. The number of nitrogens with zero attached hydrogens (tertiary/aromatic N) is 3. The Morgan fingerprint density at radius 1 is 1.00 bits per heavy atom. The van der Waals surface area contributed by atoms with Gasteiger partial charge < -0.3 is 38.9 Å². The zero-order valence-electron chi connectivity index (χ0n) is 26.9. The third-order valence-corrected chi connectivity index (χ3v) is 11.3. The molecule has 19 heteroatoms. The van der Waals surface area contributed by atoms with Crippen molar-refractivity contribution in [3.05, 3.63) is 60.2 Å². The maximum Gasteiger partial charge on any atom is 0.460 e. The first-order valence-electron chi connectivity index (χ1n) is 15.5. The molecular weight excluding hydrogens is 669 g/mol. The van der Waals surface area contributed by atoms with Crippen molar-refractivity contribution in [1.82, 2.24) is 20.2 Å². The molecule has 1 fully saturated rings. The quantitative estimate of drug-likeness (QED) is 0.0891. The average Bonchev–Trinajstić information content (AvgIpc) is 2.99. The third kappa shape index (κ3) is 13.6. The SMILES string of the molecule is CC(C)C[C@H](CC(=O)[C@H](Cc1ccccc1)NC(=O)c1cnccn1)B1OCCN(CCOC(=O)CC(P(=O)(O)O)P(=O)(O)O)CCO1. The van der Waals surface area contributed by atoms with Gasteiger partial charge in [-0.1, -0.05) is 44.2 Å². The molecule has 5 N–H and O–H groups in total. The van der Waals surface area contributed by atoms with E-state index >= 15 is 0 Å². The molecule has 2 heterocycles. The van der Waals surface area contributed by atoms with E-state index in [1.165, 1.54) is 18.6 Å². The number of amides is 1. The van der Waals surface area contributed by atoms with Crippen LogP contribution in [-0.4, -0.2) is 110 Å². The van der Waals surface area contributed by atoms with Crippen LogP contribution < -0.4 is 5.32 Å². The molecule has 0 unspecified atom stereocenters. The Balaban J connectivity index is 1.58. The summed E-state index contributed by atoms with van der Waals surface area (Å²) < 4.78 is 40.0. The number of aromatic nitrogens is 2. The van der Waals surface area contributed by atoms with E-state index in [1.807, 2.05) is 49.1 Å². The number of carbonyl (C=O) groups excluding carboxylic acids is 3. The van der Waals surface area contributed by atoms with Gasteiger partial charge in [0.1, 0.15) is 12.3 Å². The second kappa shape index (κ2) is 18.8. The van der Waals surface area contributed by atoms with Gasteiger partial charge in [-0.25, -0.2) is 4.98 Å². The molecule has 16 nitrogen and oxygen atoms in total. The van der Waals surface area contributed by atoms with Gasteiger partial charge in [0.25, 0.3) is 5.91 Å². The topological polar surface area (TPSA) is 235 Å². The largest absolute Gasteiger partial charge is 0.464 e. The van der Waals surface area contributed by atoms with Gasteiger partial charge in [0.2, 0.25) is 0 Å². The Morgan fingerprint density at radius 3 is 2.21 bits per heavy atom. The summed E-state index contributed by atoms with van der Waals surface area (Å²) in [6.45, 7) is 5.35. The van der Waals surface area contributed by atoms with E-state index in [0.29, 0.717) is 19.5 Å². The average molecular weight is 712 g/mol. The standard InChI is InChI=1S/C29H43BN4O12P2/c1-21(2)16-23(18-26(35)24(17-22-6-4-3-5-7-22)33-29(37)25-20-31-8-9-32-25)30-45-14-11-34(12-15-46-30)10-13-44-27(36)19-28(47(38,39)40)48(41,42)43/h3-9,20-21,23-24,28H,10-19H2,1-2H3,(H,33,37)(H2,38,39,40)(H2,41,42,43)/t23-,24+/m1/s1. The molecule has 3 rings (SSSR count). The van der Waals surface area contributed by atoms with Crippen LogP contribution in [0.15, 0.2) is 48.9 Å². The van der Waals surface area contributed by atoms with Crippen LogP contribution in [0.4, 0.5) is 0 Å². The number of benzene rings is 1. The molecule has 0 radical (unpaired) electrons. The van der Waals surface area contributed by atoms with E-state index in [9.17, 15) is 43.1 Å². The van der Waals surface area contributed by atoms with Crippen LogP contribution >= 0.6 is 15.2 Å². The summed E-state index contributed by atoms with van der Waals surface area (Å²) >= 11 is 0. The molecule has 1 aromatic carbocycles. The van der Waals surface area contributed by atoms with Crippen LogP contribution in [0.2, 0.25) is 5.82 Å². The molecule has 2 atom stereocenters. The lowest BCUT2D eigenvalue weighted by molar-refractivity contribution is -0.144. The molecule has 1 saturated heterocycles. The number of Topliss-reactive ketones (excluding diaryl/α,β-unsaturated/α-hetero) is 1. The second-order valence-corrected chi connectivity index (χ2v) is 15.9. The van der Waals surface area contributed by atoms with Gasteiger partial charge in [0.05, 0.1) is 18.7 Å². The predicted molar refractivity (Wildman–Crippen MR) is 174 cm³/mol. The van der Waals surface area contributed by atoms with E-state index in [0.717, 1.165) is 5.56 Å². The minimum absolute atomic E-state index is 0.0883. The van der Waals surface area contributed by atoms with Crippen molar-refractivity contribution in [1.29, 1.82) is 0 Å². The highest BCUT2D eigenvalue weighted by molar-refractivity contribution is 7.70. The molecule has 0 aliphatic carbocycles. The Morgan fingerprint density at radius 2 is 1.65 bits per heavy atom. The molecule has 2 aromatic rings. The third-order valence-electron chi connectivity index (χ3n) is 7.57. The summed E-state index contributed by atoms with van der Waals surface area (Å²) in [5.74, 6) is -1.94. The van der Waals surface area contributed by atoms with Gasteiger partial charge in [0.15, 0.2) is 11.2 Å². The highest BCUT2D eigenvalue weighted by atomic mass is 31.2. The van der Waals surface area contributed by atoms with Gasteiger partial charge in [-0.05, 0) is 24.3 Å². The van der Waals surface area contributed by atoms with Crippen LogP contribution in [0.5, 0.6) is 0 Å². The van der Waals surface area contributed by atoms with Crippen molar-refractivity contribution in [2.75, 3.05) is 39.5 Å². The summed E-state index contributed by atoms with van der Waals surface area (Å²) in [4.78, 5) is 85.5. The highest BCUT2D eigenvalue weighted by Gasteiger charge is 2.45. The van der Waals surface area contributed by atoms with Crippen LogP contribution in [0.25, 0.3) is 0 Å². The first-order valence-corrected chi connectivity index (χ1v) is 18.8. The normalized spacial score (nSPS) is 16.2. The van der Waals surface area contributed by atoms with Crippen molar-refractivity contribution in [3.8, 4) is 0 Å². The zero-order valence-corrected chi connectivity index (χ0v) is 28.7. The number of rotatable bonds is 17. The van der Waals surface area contributed by atoms with Crippen LogP contribution in [-0.2, 0) is 39.2 Å². The van der Waals surface area contributed by atoms with Crippen LogP contribution in [0, 0.1) is 5.92 Å². The maximum atomic E-state index is 13.8. The summed E-state index contributed by atoms with van der Waals surface area (Å²) in [6, 6.07) is 8.53. The summed E-state index contributed by atoms with van der Waals surface area (Å²) in [7, 11) is -11.2. The van der Waals surface area contributed by atoms with Gasteiger partial charge in [-0.15, -0.1) is 0 Å². The summed E-state index contributed by atoms with van der Waals surface area (Å²) in [5, 5.41) is 0.365. The molecule has 0 bridgehead atoms. The minimum atomic E-state index is -5.25. The van der Waals surface area contributed by atoms with E-state index in [1.54, 1.807) is 0 Å². The first-order chi connectivity index (χ1) is 22.6. The van der Waals surface area contributed by atoms with E-state index in [2.05, 4.69) is 15.3 Å². The first kappa shape index (κ1) is 39.6. The Kier molecular flexibility index (Phi) is 15.5. The number of hydrogen-bond donors (Lipinski definition) is 5. The number of ketones is 1. The summed E-state index contributed by atoms with van der Waals surface area (Å²) in [5.41, 5.74) is 0.975. The van der Waals surface area contributed by atoms with E-state index < -0.39 is 52.0 Å². The van der Waals surface area contributed by atoms with E-state index in [-0.39, 0.29) is 62.4 Å². The summed E-state index contributed by atoms with van der Waals surface area (Å²) in [6.07, 6.45) is 4.05. The second-order valence-electron chi connectivity index (χ2n) is 11.9. The lowest BCUT2D eigenvalue weighted by atomic mass is 9.64. The molecule has 0 spiro atoms. The van der Waals surface area contributed by atoms with Crippen molar-refractivity contribution in [3.63, 3.8) is 0 Å². The highest BCUT2D eigenvalue weighted by Crippen LogP contribution is 2.61. The number of carbonyl (C=O) groups is 3. The van der Waals surface area contributed by atoms with Crippen molar-refractivity contribution in [2.45, 2.75) is 56.8 Å². The van der Waals surface area contributed by atoms with Crippen molar-refractivity contribution >= 4 is 40.0 Å². The molecule has 0 saturated carbocycles. The number of ether oxygens (including phenoxy) is 1. The smallest absolute Gasteiger partial charge is 0.460 e. The van der Waals surface area contributed by atoms with Gasteiger partial charge >= 0.3 is 28.3 Å². The predicted octanol–water partition coefficient (Wildman–Crippen LogP) is 1.65. The number of esters is 1. The molecule has 1 aliphatic rings. The Bertz CT molecular complexity index is 1400. The lowest BCUT2D eigenvalue weighted by Gasteiger charge is -2.31. The molecular formula is C29H43BN4O12P2. The van der Waals surface area contributed by atoms with Gasteiger partial charge in [-0.2, -0.15) is 0 Å². The molecule has 1 aliphatic heterocycles. The van der Waals surface area contributed by atoms with Crippen molar-refractivity contribution < 1.29 is 57.1 Å². The Hall–Kier alpha value is -2.85. The van der Waals surface area contributed by atoms with E-state index in [4.69, 9.17) is 14.0 Å². The van der Waals surface area contributed by atoms with Crippen LogP contribution in [0.1, 0.15) is 49.2 Å². The number of hydrogen-bond acceptors (Lipinski definition) is 11. The zero-order chi connectivity index (χ0) is 35.3.